The molecular weight excluding hydrogens is 343 g/mol. The molecule has 0 aliphatic rings. The van der Waals surface area contributed by atoms with E-state index in [-0.39, 0.29) is 17.5 Å². The molecule has 0 saturated carbocycles. The van der Waals surface area contributed by atoms with Crippen LogP contribution in [0.1, 0.15) is 11.4 Å². The zero-order valence-electron chi connectivity index (χ0n) is 13.0. The molecule has 0 bridgehead atoms. The zero-order valence-corrected chi connectivity index (χ0v) is 14.6. The van der Waals surface area contributed by atoms with E-state index in [0.29, 0.717) is 11.4 Å². The van der Waals surface area contributed by atoms with Crippen molar-refractivity contribution in [3.63, 3.8) is 0 Å². The van der Waals surface area contributed by atoms with Crippen LogP contribution in [0.2, 0.25) is 0 Å². The fraction of sp³-hybridized carbons (Fsp3) is 0.222. The minimum atomic E-state index is -0.286. The van der Waals surface area contributed by atoms with Gasteiger partial charge < -0.3 is 5.32 Å². The van der Waals surface area contributed by atoms with Gasteiger partial charge in [-0.25, -0.2) is 9.37 Å². The fourth-order valence-electron chi connectivity index (χ4n) is 2.25. The molecule has 0 unspecified atom stereocenters. The molecule has 0 spiro atoms. The molecule has 0 saturated heterocycles. The Morgan fingerprint density at radius 1 is 1.17 bits per heavy atom. The summed E-state index contributed by atoms with van der Waals surface area (Å²) < 4.78 is 14.7. The molecule has 1 amide bonds. The lowest BCUT2D eigenvalue weighted by atomic mass is 10.3. The van der Waals surface area contributed by atoms with Gasteiger partial charge >= 0.3 is 0 Å². The first kappa shape index (κ1) is 16.9. The lowest BCUT2D eigenvalue weighted by molar-refractivity contribution is -0.118. The second-order valence-corrected chi connectivity index (χ2v) is 7.38. The van der Waals surface area contributed by atoms with Gasteiger partial charge in [0.25, 0.3) is 0 Å². The van der Waals surface area contributed by atoms with Crippen molar-refractivity contribution in [3.8, 4) is 0 Å². The summed E-state index contributed by atoms with van der Waals surface area (Å²) in [4.78, 5) is 16.9. The summed E-state index contributed by atoms with van der Waals surface area (Å²) in [5, 5.41) is 3.96. The van der Waals surface area contributed by atoms with E-state index in [2.05, 4.69) is 16.4 Å². The number of nitrogens with zero attached hydrogens (tertiary/aromatic N) is 1. The maximum absolute atomic E-state index is 13.5. The zero-order chi connectivity index (χ0) is 16.8. The molecule has 124 valence electrons. The first-order valence-electron chi connectivity index (χ1n) is 7.71. The number of rotatable bonds is 7. The van der Waals surface area contributed by atoms with Crippen LogP contribution < -0.4 is 5.32 Å². The summed E-state index contributed by atoms with van der Waals surface area (Å²) in [6, 6.07) is 14.6. The summed E-state index contributed by atoms with van der Waals surface area (Å²) in [6.07, 6.45) is 1.69. The van der Waals surface area contributed by atoms with Crippen molar-refractivity contribution >= 4 is 39.2 Å². The number of halogens is 1. The lowest BCUT2D eigenvalue weighted by Gasteiger charge is -2.05. The molecular formula is C18H17FN2OS2. The van der Waals surface area contributed by atoms with Gasteiger partial charge in [0.05, 0.1) is 21.0 Å². The number of benzene rings is 2. The number of hydrogen-bond acceptors (Lipinski definition) is 4. The molecule has 3 aromatic rings. The number of amides is 1. The van der Waals surface area contributed by atoms with Crippen LogP contribution in [-0.2, 0) is 11.2 Å². The van der Waals surface area contributed by atoms with Crippen molar-refractivity contribution in [2.45, 2.75) is 17.7 Å². The van der Waals surface area contributed by atoms with Crippen LogP contribution >= 0.6 is 23.1 Å². The van der Waals surface area contributed by atoms with Crippen molar-refractivity contribution in [1.29, 1.82) is 0 Å². The highest BCUT2D eigenvalue weighted by Crippen LogP contribution is 2.22. The van der Waals surface area contributed by atoms with E-state index in [4.69, 9.17) is 0 Å². The molecule has 0 fully saturated rings. The van der Waals surface area contributed by atoms with E-state index in [1.165, 1.54) is 22.5 Å². The van der Waals surface area contributed by atoms with Crippen molar-refractivity contribution in [2.24, 2.45) is 0 Å². The highest BCUT2D eigenvalue weighted by Gasteiger charge is 2.07. The third-order valence-corrected chi connectivity index (χ3v) is 5.57. The average Bonchev–Trinajstić information content (AvgIpc) is 3.01. The van der Waals surface area contributed by atoms with Crippen molar-refractivity contribution in [2.75, 3.05) is 12.3 Å². The third-order valence-electron chi connectivity index (χ3n) is 3.42. The van der Waals surface area contributed by atoms with Crippen molar-refractivity contribution < 1.29 is 9.18 Å². The summed E-state index contributed by atoms with van der Waals surface area (Å²) in [5.41, 5.74) is 1.03. The minimum absolute atomic E-state index is 0.0763. The molecule has 24 heavy (non-hydrogen) atoms. The number of para-hydroxylation sites is 1. The van der Waals surface area contributed by atoms with Crippen LogP contribution in [-0.4, -0.2) is 23.2 Å². The molecule has 1 aromatic heterocycles. The molecule has 1 N–H and O–H groups in total. The molecule has 0 aliphatic carbocycles. The second-order valence-electron chi connectivity index (χ2n) is 5.25. The van der Waals surface area contributed by atoms with E-state index in [1.54, 1.807) is 29.5 Å². The van der Waals surface area contributed by atoms with Gasteiger partial charge in [0, 0.05) is 17.9 Å². The van der Waals surface area contributed by atoms with Gasteiger partial charge in [-0.1, -0.05) is 24.3 Å². The Morgan fingerprint density at radius 2 is 1.96 bits per heavy atom. The van der Waals surface area contributed by atoms with Crippen molar-refractivity contribution in [1.82, 2.24) is 10.3 Å². The molecule has 2 aromatic carbocycles. The molecule has 6 heteroatoms. The monoisotopic (exact) mass is 360 g/mol. The predicted molar refractivity (Wildman–Crippen MR) is 98.1 cm³/mol. The lowest BCUT2D eigenvalue weighted by Crippen LogP contribution is -2.26. The van der Waals surface area contributed by atoms with Gasteiger partial charge in [-0.05, 0) is 30.7 Å². The first-order chi connectivity index (χ1) is 11.7. The number of thioether (sulfide) groups is 1. The van der Waals surface area contributed by atoms with Gasteiger partial charge in [0.15, 0.2) is 0 Å². The van der Waals surface area contributed by atoms with Gasteiger partial charge in [-0.15, -0.1) is 23.1 Å². The van der Waals surface area contributed by atoms with E-state index >= 15 is 0 Å². The van der Waals surface area contributed by atoms with Gasteiger partial charge in [0.2, 0.25) is 5.91 Å². The molecule has 3 rings (SSSR count). The van der Waals surface area contributed by atoms with Crippen LogP contribution in [0, 0.1) is 5.82 Å². The van der Waals surface area contributed by atoms with Crippen molar-refractivity contribution in [3.05, 3.63) is 59.4 Å². The Bertz CT molecular complexity index is 802. The highest BCUT2D eigenvalue weighted by molar-refractivity contribution is 8.00. The average molecular weight is 360 g/mol. The molecule has 0 aliphatic heterocycles. The smallest absolute Gasteiger partial charge is 0.230 e. The standard InChI is InChI=1S/C18H17FN2OS2/c19-13-6-1-3-8-15(13)23-12-17(22)20-11-5-10-18-21-14-7-2-4-9-16(14)24-18/h1-4,6-9H,5,10-12H2,(H,20,22). The van der Waals surface area contributed by atoms with Crippen LogP contribution in [0.15, 0.2) is 53.4 Å². The molecule has 0 atom stereocenters. The number of nitrogens with one attached hydrogen (secondary N) is 1. The second kappa shape index (κ2) is 8.26. The number of hydrogen-bond donors (Lipinski definition) is 1. The Kier molecular flexibility index (Phi) is 5.82. The molecule has 3 nitrogen and oxygen atoms in total. The summed E-state index contributed by atoms with van der Waals surface area (Å²) in [5.74, 6) is -0.138. The van der Waals surface area contributed by atoms with Gasteiger partial charge in [0.1, 0.15) is 5.82 Å². The predicted octanol–water partition coefficient (Wildman–Crippen LogP) is 4.28. The minimum Gasteiger partial charge on any atom is -0.355 e. The summed E-state index contributed by atoms with van der Waals surface area (Å²) in [6.45, 7) is 0.604. The quantitative estimate of drug-likeness (QED) is 0.505. The number of carbonyl (C=O) groups is 1. The van der Waals surface area contributed by atoms with Crippen LogP contribution in [0.4, 0.5) is 4.39 Å². The Labute approximate surface area is 148 Å². The van der Waals surface area contributed by atoms with E-state index < -0.39 is 0 Å². The number of aromatic nitrogens is 1. The number of aryl methyl sites for hydroxylation is 1. The normalized spacial score (nSPS) is 10.9. The third kappa shape index (κ3) is 4.55. The number of thiazole rings is 1. The molecule has 1 heterocycles. The topological polar surface area (TPSA) is 42.0 Å². The van der Waals surface area contributed by atoms with E-state index in [9.17, 15) is 9.18 Å². The summed E-state index contributed by atoms with van der Waals surface area (Å²) >= 11 is 2.91. The van der Waals surface area contributed by atoms with E-state index in [1.807, 2.05) is 18.2 Å². The maximum atomic E-state index is 13.5. The van der Waals surface area contributed by atoms with Crippen LogP contribution in [0.3, 0.4) is 0 Å². The number of carbonyl (C=O) groups excluding carboxylic acids is 1. The van der Waals surface area contributed by atoms with Crippen LogP contribution in [0.5, 0.6) is 0 Å². The van der Waals surface area contributed by atoms with Crippen LogP contribution in [0.25, 0.3) is 10.2 Å². The van der Waals surface area contributed by atoms with Gasteiger partial charge in [-0.2, -0.15) is 0 Å². The highest BCUT2D eigenvalue weighted by atomic mass is 32.2. The Morgan fingerprint density at radius 3 is 2.79 bits per heavy atom. The largest absolute Gasteiger partial charge is 0.355 e. The fourth-order valence-corrected chi connectivity index (χ4v) is 4.03. The van der Waals surface area contributed by atoms with Gasteiger partial charge in [-0.3, -0.25) is 4.79 Å². The Balaban J connectivity index is 1.38. The molecule has 0 radical (unpaired) electrons. The Hall–Kier alpha value is -1.92. The number of fused-ring (bicyclic) bond motifs is 1. The van der Waals surface area contributed by atoms with E-state index in [0.717, 1.165) is 23.4 Å². The maximum Gasteiger partial charge on any atom is 0.230 e. The summed E-state index contributed by atoms with van der Waals surface area (Å²) in [7, 11) is 0. The first-order valence-corrected chi connectivity index (χ1v) is 9.51. The SMILES string of the molecule is O=C(CSc1ccccc1F)NCCCc1nc2ccccc2s1.